The number of thiophene rings is 1. The van der Waals surface area contributed by atoms with Crippen LogP contribution >= 0.6 is 11.3 Å². The lowest BCUT2D eigenvalue weighted by Gasteiger charge is -2.37. The summed E-state index contributed by atoms with van der Waals surface area (Å²) in [6.07, 6.45) is 3.13. The summed E-state index contributed by atoms with van der Waals surface area (Å²) in [6.45, 7) is 5.93. The van der Waals surface area contributed by atoms with Crippen LogP contribution in [0.15, 0.2) is 36.5 Å². The summed E-state index contributed by atoms with van der Waals surface area (Å²) in [6, 6.07) is 9.81. The molecule has 132 valence electrons. The van der Waals surface area contributed by atoms with E-state index in [9.17, 15) is 10.2 Å². The fraction of sp³-hybridized carbons (Fsp3) is 0.450. The van der Waals surface area contributed by atoms with E-state index >= 15 is 0 Å². The van der Waals surface area contributed by atoms with Crippen molar-refractivity contribution in [3.8, 4) is 11.8 Å². The van der Waals surface area contributed by atoms with Gasteiger partial charge in [-0.15, -0.1) is 11.3 Å². The Bertz CT molecular complexity index is 760. The molecule has 0 radical (unpaired) electrons. The van der Waals surface area contributed by atoms with Gasteiger partial charge in [-0.3, -0.25) is 9.88 Å². The molecule has 2 aromatic heterocycles. The van der Waals surface area contributed by atoms with Crippen LogP contribution in [0.5, 0.6) is 0 Å². The Morgan fingerprint density at radius 2 is 2.00 bits per heavy atom. The predicted octanol–water partition coefficient (Wildman–Crippen LogP) is 2.75. The van der Waals surface area contributed by atoms with Crippen molar-refractivity contribution in [2.24, 2.45) is 0 Å². The van der Waals surface area contributed by atoms with Crippen molar-refractivity contribution in [2.75, 3.05) is 13.1 Å². The number of hydrogen-bond donors (Lipinski definition) is 2. The van der Waals surface area contributed by atoms with E-state index in [1.165, 1.54) is 4.88 Å². The van der Waals surface area contributed by atoms with Crippen molar-refractivity contribution in [3.63, 3.8) is 0 Å². The summed E-state index contributed by atoms with van der Waals surface area (Å²) < 4.78 is 0. The highest BCUT2D eigenvalue weighted by Gasteiger charge is 2.35. The Balaban J connectivity index is 1.58. The first kappa shape index (κ1) is 18.1. The van der Waals surface area contributed by atoms with Crippen molar-refractivity contribution in [1.82, 2.24) is 9.88 Å². The number of pyridine rings is 1. The summed E-state index contributed by atoms with van der Waals surface area (Å²) >= 11 is 1.66. The number of aromatic nitrogens is 1. The number of hydrogen-bond acceptors (Lipinski definition) is 5. The Kier molecular flexibility index (Phi) is 5.26. The minimum atomic E-state index is -0.965. The number of piperidine rings is 1. The van der Waals surface area contributed by atoms with Gasteiger partial charge in [0.1, 0.15) is 11.2 Å². The van der Waals surface area contributed by atoms with Gasteiger partial charge in [-0.05, 0) is 51.0 Å². The summed E-state index contributed by atoms with van der Waals surface area (Å²) in [5, 5.41) is 20.5. The van der Waals surface area contributed by atoms with Crippen LogP contribution in [0.1, 0.15) is 42.1 Å². The average molecular weight is 356 g/mol. The monoisotopic (exact) mass is 356 g/mol. The van der Waals surface area contributed by atoms with E-state index in [1.807, 2.05) is 24.3 Å². The van der Waals surface area contributed by atoms with Gasteiger partial charge in [-0.25, -0.2) is 0 Å². The molecule has 0 bridgehead atoms. The molecule has 1 fully saturated rings. The Hall–Kier alpha value is -1.71. The summed E-state index contributed by atoms with van der Waals surface area (Å²) in [4.78, 5) is 8.91. The van der Waals surface area contributed by atoms with Gasteiger partial charge in [0.25, 0.3) is 0 Å². The Labute approximate surface area is 153 Å². The standard InChI is InChI=1S/C20H24N2O2S/c1-19(2,23)9-8-16-6-7-17(25-16)15-22-13-10-20(24,11-14-22)18-5-3-4-12-21-18/h3-7,12,23-24H,10-11,13-15H2,1-2H3. The highest BCUT2D eigenvalue weighted by Crippen LogP contribution is 2.32. The molecule has 1 aliphatic heterocycles. The second-order valence-corrected chi connectivity index (χ2v) is 8.27. The van der Waals surface area contributed by atoms with Crippen LogP contribution in [-0.2, 0) is 12.1 Å². The number of aliphatic hydroxyl groups is 2. The van der Waals surface area contributed by atoms with Crippen molar-refractivity contribution in [3.05, 3.63) is 52.0 Å². The molecule has 1 aliphatic rings. The first-order valence-electron chi connectivity index (χ1n) is 8.55. The Morgan fingerprint density at radius 1 is 1.24 bits per heavy atom. The van der Waals surface area contributed by atoms with Crippen LogP contribution in [0.2, 0.25) is 0 Å². The molecule has 0 atom stereocenters. The fourth-order valence-electron chi connectivity index (χ4n) is 2.94. The fourth-order valence-corrected chi connectivity index (χ4v) is 3.84. The lowest BCUT2D eigenvalue weighted by Crippen LogP contribution is -2.42. The first-order chi connectivity index (χ1) is 11.8. The molecule has 5 heteroatoms. The molecule has 4 nitrogen and oxygen atoms in total. The molecule has 2 N–H and O–H groups in total. The van der Waals surface area contributed by atoms with Crippen LogP contribution in [0.3, 0.4) is 0 Å². The van der Waals surface area contributed by atoms with Crippen LogP contribution < -0.4 is 0 Å². The van der Waals surface area contributed by atoms with Crippen molar-refractivity contribution in [2.45, 2.75) is 44.4 Å². The molecule has 0 aromatic carbocycles. The molecular formula is C20H24N2O2S. The largest absolute Gasteiger partial charge is 0.383 e. The van der Waals surface area contributed by atoms with Gasteiger partial charge in [0.2, 0.25) is 0 Å². The van der Waals surface area contributed by atoms with Gasteiger partial charge in [0, 0.05) is 30.7 Å². The predicted molar refractivity (Wildman–Crippen MR) is 100 cm³/mol. The van der Waals surface area contributed by atoms with Gasteiger partial charge < -0.3 is 10.2 Å². The third-order valence-corrected chi connectivity index (χ3v) is 5.34. The Morgan fingerprint density at radius 3 is 2.64 bits per heavy atom. The SMILES string of the molecule is CC(C)(O)C#Cc1ccc(CN2CCC(O)(c3ccccn3)CC2)s1. The first-order valence-corrected chi connectivity index (χ1v) is 9.36. The third-order valence-electron chi connectivity index (χ3n) is 4.36. The molecule has 0 saturated carbocycles. The quantitative estimate of drug-likeness (QED) is 0.831. The van der Waals surface area contributed by atoms with Crippen LogP contribution in [-0.4, -0.2) is 38.8 Å². The molecule has 0 aliphatic carbocycles. The maximum absolute atomic E-state index is 10.8. The number of likely N-dealkylation sites (tertiary alicyclic amines) is 1. The summed E-state index contributed by atoms with van der Waals surface area (Å²) in [5.41, 5.74) is -1.00. The molecule has 3 heterocycles. The van der Waals surface area contributed by atoms with Crippen molar-refractivity contribution < 1.29 is 10.2 Å². The maximum atomic E-state index is 10.8. The molecule has 25 heavy (non-hydrogen) atoms. The molecule has 0 spiro atoms. The van der Waals surface area contributed by atoms with Gasteiger partial charge in [0.05, 0.1) is 10.6 Å². The van der Waals surface area contributed by atoms with E-state index in [1.54, 1.807) is 31.4 Å². The molecular weight excluding hydrogens is 332 g/mol. The van der Waals surface area contributed by atoms with Crippen LogP contribution in [0, 0.1) is 11.8 Å². The normalized spacial score (nSPS) is 17.8. The van der Waals surface area contributed by atoms with E-state index in [0.717, 1.165) is 30.2 Å². The number of rotatable bonds is 3. The highest BCUT2D eigenvalue weighted by molar-refractivity contribution is 7.12. The van der Waals surface area contributed by atoms with Crippen molar-refractivity contribution in [1.29, 1.82) is 0 Å². The summed E-state index contributed by atoms with van der Waals surface area (Å²) in [5.74, 6) is 5.87. The van der Waals surface area contributed by atoms with E-state index in [2.05, 4.69) is 27.8 Å². The molecule has 3 rings (SSSR count). The van der Waals surface area contributed by atoms with Gasteiger partial charge in [-0.1, -0.05) is 17.9 Å². The van der Waals surface area contributed by atoms with E-state index < -0.39 is 11.2 Å². The van der Waals surface area contributed by atoms with E-state index in [0.29, 0.717) is 12.8 Å². The van der Waals surface area contributed by atoms with Gasteiger partial charge in [0.15, 0.2) is 0 Å². The zero-order valence-electron chi connectivity index (χ0n) is 14.7. The third kappa shape index (κ3) is 4.90. The van der Waals surface area contributed by atoms with Crippen LogP contribution in [0.4, 0.5) is 0 Å². The van der Waals surface area contributed by atoms with E-state index in [4.69, 9.17) is 0 Å². The second-order valence-electron chi connectivity index (χ2n) is 7.10. The van der Waals surface area contributed by atoms with E-state index in [-0.39, 0.29) is 0 Å². The zero-order valence-corrected chi connectivity index (χ0v) is 15.5. The van der Waals surface area contributed by atoms with Crippen molar-refractivity contribution >= 4 is 11.3 Å². The molecule has 0 amide bonds. The molecule has 0 unspecified atom stereocenters. The topological polar surface area (TPSA) is 56.6 Å². The maximum Gasteiger partial charge on any atom is 0.120 e. The smallest absolute Gasteiger partial charge is 0.120 e. The van der Waals surface area contributed by atoms with Crippen LogP contribution in [0.25, 0.3) is 0 Å². The summed E-state index contributed by atoms with van der Waals surface area (Å²) in [7, 11) is 0. The molecule has 2 aromatic rings. The lowest BCUT2D eigenvalue weighted by molar-refractivity contribution is -0.0309. The van der Waals surface area contributed by atoms with Gasteiger partial charge >= 0.3 is 0 Å². The zero-order chi connectivity index (χ0) is 17.9. The lowest BCUT2D eigenvalue weighted by atomic mass is 9.88. The molecule has 1 saturated heterocycles. The average Bonchev–Trinajstić information content (AvgIpc) is 3.03. The minimum Gasteiger partial charge on any atom is -0.383 e. The highest BCUT2D eigenvalue weighted by atomic mass is 32.1. The minimum absolute atomic E-state index is 0.695. The number of nitrogens with zero attached hydrogens (tertiary/aromatic N) is 2. The second kappa shape index (κ2) is 7.27. The van der Waals surface area contributed by atoms with Gasteiger partial charge in [-0.2, -0.15) is 0 Å².